The van der Waals surface area contributed by atoms with Crippen molar-refractivity contribution in [3.05, 3.63) is 65.2 Å². The maximum atomic E-state index is 12.7. The first-order valence-corrected chi connectivity index (χ1v) is 11.0. The van der Waals surface area contributed by atoms with Gasteiger partial charge in [0.2, 0.25) is 11.8 Å². The van der Waals surface area contributed by atoms with Gasteiger partial charge in [-0.2, -0.15) is 0 Å². The highest BCUT2D eigenvalue weighted by atomic mass is 16.5. The predicted molar refractivity (Wildman–Crippen MR) is 122 cm³/mol. The van der Waals surface area contributed by atoms with Crippen LogP contribution in [0.2, 0.25) is 0 Å². The normalized spacial score (nSPS) is 14.7. The van der Waals surface area contributed by atoms with Crippen molar-refractivity contribution in [3.8, 4) is 5.75 Å². The van der Waals surface area contributed by atoms with Crippen LogP contribution < -0.4 is 10.1 Å². The van der Waals surface area contributed by atoms with Gasteiger partial charge in [0.1, 0.15) is 5.75 Å². The SMILES string of the molecule is COc1ccc(CCC(=O)N2CCCN(CC(=O)NCc3ccccc3C)CC2)cc1. The molecule has 0 bridgehead atoms. The fraction of sp³-hybridized carbons (Fsp3) is 0.440. The number of hydrogen-bond acceptors (Lipinski definition) is 4. The summed E-state index contributed by atoms with van der Waals surface area (Å²) in [6.45, 7) is 5.97. The summed E-state index contributed by atoms with van der Waals surface area (Å²) in [4.78, 5) is 29.1. The zero-order valence-corrected chi connectivity index (χ0v) is 18.6. The summed E-state index contributed by atoms with van der Waals surface area (Å²) in [5.41, 5.74) is 3.46. The van der Waals surface area contributed by atoms with E-state index in [9.17, 15) is 9.59 Å². The highest BCUT2D eigenvalue weighted by Gasteiger charge is 2.20. The van der Waals surface area contributed by atoms with Crippen LogP contribution in [-0.4, -0.2) is 61.4 Å². The molecule has 1 N–H and O–H groups in total. The molecule has 1 aliphatic rings. The third-order valence-electron chi connectivity index (χ3n) is 5.83. The Hall–Kier alpha value is -2.86. The highest BCUT2D eigenvalue weighted by molar-refractivity contribution is 5.78. The van der Waals surface area contributed by atoms with E-state index >= 15 is 0 Å². The number of hydrogen-bond donors (Lipinski definition) is 1. The molecule has 1 saturated heterocycles. The summed E-state index contributed by atoms with van der Waals surface area (Å²) in [5.74, 6) is 1.04. The van der Waals surface area contributed by atoms with Crippen LogP contribution in [0.1, 0.15) is 29.5 Å². The van der Waals surface area contributed by atoms with Gasteiger partial charge in [-0.1, -0.05) is 36.4 Å². The van der Waals surface area contributed by atoms with Crippen LogP contribution in [0.5, 0.6) is 5.75 Å². The first-order chi connectivity index (χ1) is 15.0. The topological polar surface area (TPSA) is 61.9 Å². The lowest BCUT2D eigenvalue weighted by Crippen LogP contribution is -2.40. The summed E-state index contributed by atoms with van der Waals surface area (Å²) in [7, 11) is 1.65. The summed E-state index contributed by atoms with van der Waals surface area (Å²) >= 11 is 0. The number of benzene rings is 2. The van der Waals surface area contributed by atoms with Gasteiger partial charge in [0.05, 0.1) is 13.7 Å². The first-order valence-electron chi connectivity index (χ1n) is 11.0. The minimum Gasteiger partial charge on any atom is -0.497 e. The van der Waals surface area contributed by atoms with Crippen LogP contribution >= 0.6 is 0 Å². The van der Waals surface area contributed by atoms with Gasteiger partial charge in [0.15, 0.2) is 0 Å². The standard InChI is InChI=1S/C25H33N3O3/c1-20-6-3-4-7-22(20)18-26-24(29)19-27-14-5-15-28(17-16-27)25(30)13-10-21-8-11-23(31-2)12-9-21/h3-4,6-9,11-12H,5,10,13-19H2,1-2H3,(H,26,29). The van der Waals surface area contributed by atoms with Crippen molar-refractivity contribution in [2.75, 3.05) is 39.8 Å². The number of carbonyl (C=O) groups excluding carboxylic acids is 2. The van der Waals surface area contributed by atoms with E-state index in [0.717, 1.165) is 49.4 Å². The van der Waals surface area contributed by atoms with E-state index in [1.165, 1.54) is 5.56 Å². The van der Waals surface area contributed by atoms with E-state index in [1.54, 1.807) is 7.11 Å². The third-order valence-corrected chi connectivity index (χ3v) is 5.83. The van der Waals surface area contributed by atoms with E-state index < -0.39 is 0 Å². The number of carbonyl (C=O) groups is 2. The molecule has 6 nitrogen and oxygen atoms in total. The van der Waals surface area contributed by atoms with E-state index in [0.29, 0.717) is 26.1 Å². The quantitative estimate of drug-likeness (QED) is 0.709. The Labute approximate surface area is 185 Å². The van der Waals surface area contributed by atoms with Crippen molar-refractivity contribution in [2.45, 2.75) is 32.7 Å². The van der Waals surface area contributed by atoms with Gasteiger partial charge in [0.25, 0.3) is 0 Å². The maximum absolute atomic E-state index is 12.7. The Morgan fingerprint density at radius 1 is 1.00 bits per heavy atom. The molecule has 6 heteroatoms. The zero-order valence-electron chi connectivity index (χ0n) is 18.6. The first kappa shape index (κ1) is 22.8. The molecule has 0 aliphatic carbocycles. The average molecular weight is 424 g/mol. The minimum atomic E-state index is 0.0301. The molecular formula is C25H33N3O3. The van der Waals surface area contributed by atoms with Gasteiger partial charge in [-0.3, -0.25) is 14.5 Å². The number of nitrogens with one attached hydrogen (secondary N) is 1. The van der Waals surface area contributed by atoms with Gasteiger partial charge in [-0.15, -0.1) is 0 Å². The van der Waals surface area contributed by atoms with Crippen molar-refractivity contribution in [1.82, 2.24) is 15.1 Å². The van der Waals surface area contributed by atoms with Crippen molar-refractivity contribution in [2.24, 2.45) is 0 Å². The minimum absolute atomic E-state index is 0.0301. The second kappa shape index (κ2) is 11.5. The lowest BCUT2D eigenvalue weighted by atomic mass is 10.1. The number of rotatable bonds is 8. The molecule has 1 aliphatic heterocycles. The van der Waals surface area contributed by atoms with Crippen LogP contribution in [-0.2, 0) is 22.6 Å². The Bertz CT molecular complexity index is 867. The Kier molecular flexibility index (Phi) is 8.47. The van der Waals surface area contributed by atoms with E-state index in [2.05, 4.69) is 23.2 Å². The molecule has 2 amide bonds. The lowest BCUT2D eigenvalue weighted by molar-refractivity contribution is -0.131. The van der Waals surface area contributed by atoms with Gasteiger partial charge < -0.3 is 15.0 Å². The number of methoxy groups -OCH3 is 1. The van der Waals surface area contributed by atoms with Gasteiger partial charge in [0, 0.05) is 39.1 Å². The van der Waals surface area contributed by atoms with Crippen LogP contribution in [0, 0.1) is 6.92 Å². The number of ether oxygens (including phenoxy) is 1. The molecule has 0 unspecified atom stereocenters. The van der Waals surface area contributed by atoms with Crippen LogP contribution in [0.4, 0.5) is 0 Å². The molecule has 3 rings (SSSR count). The monoisotopic (exact) mass is 423 g/mol. The Morgan fingerprint density at radius 3 is 2.52 bits per heavy atom. The lowest BCUT2D eigenvalue weighted by Gasteiger charge is -2.22. The zero-order chi connectivity index (χ0) is 22.1. The number of nitrogens with zero attached hydrogens (tertiary/aromatic N) is 2. The molecule has 0 spiro atoms. The maximum Gasteiger partial charge on any atom is 0.234 e. The molecule has 1 fully saturated rings. The average Bonchev–Trinajstić information content (AvgIpc) is 3.03. The van der Waals surface area contributed by atoms with Crippen LogP contribution in [0.25, 0.3) is 0 Å². The second-order valence-electron chi connectivity index (χ2n) is 8.06. The van der Waals surface area contributed by atoms with Crippen molar-refractivity contribution < 1.29 is 14.3 Å². The summed E-state index contributed by atoms with van der Waals surface area (Å²) in [6, 6.07) is 15.9. The predicted octanol–water partition coefficient (Wildman–Crippen LogP) is 2.79. The number of amides is 2. The Balaban J connectivity index is 1.40. The molecule has 2 aromatic carbocycles. The van der Waals surface area contributed by atoms with Gasteiger partial charge in [-0.05, 0) is 48.6 Å². The van der Waals surface area contributed by atoms with E-state index in [-0.39, 0.29) is 11.8 Å². The molecule has 0 saturated carbocycles. The molecular weight excluding hydrogens is 390 g/mol. The second-order valence-corrected chi connectivity index (χ2v) is 8.06. The molecule has 31 heavy (non-hydrogen) atoms. The van der Waals surface area contributed by atoms with Crippen molar-refractivity contribution in [3.63, 3.8) is 0 Å². The Morgan fingerprint density at radius 2 is 1.77 bits per heavy atom. The highest BCUT2D eigenvalue weighted by Crippen LogP contribution is 2.14. The molecule has 0 aromatic heterocycles. The molecule has 1 heterocycles. The van der Waals surface area contributed by atoms with Gasteiger partial charge >= 0.3 is 0 Å². The van der Waals surface area contributed by atoms with Crippen LogP contribution in [0.3, 0.4) is 0 Å². The molecule has 166 valence electrons. The van der Waals surface area contributed by atoms with E-state index in [1.807, 2.05) is 47.4 Å². The summed E-state index contributed by atoms with van der Waals surface area (Å²) in [6.07, 6.45) is 2.12. The van der Waals surface area contributed by atoms with Crippen molar-refractivity contribution in [1.29, 1.82) is 0 Å². The van der Waals surface area contributed by atoms with Crippen LogP contribution in [0.15, 0.2) is 48.5 Å². The summed E-state index contributed by atoms with van der Waals surface area (Å²) < 4.78 is 5.18. The van der Waals surface area contributed by atoms with Gasteiger partial charge in [-0.25, -0.2) is 0 Å². The summed E-state index contributed by atoms with van der Waals surface area (Å²) in [5, 5.41) is 3.02. The molecule has 2 aromatic rings. The smallest absolute Gasteiger partial charge is 0.234 e. The fourth-order valence-corrected chi connectivity index (χ4v) is 3.84. The number of aryl methyl sites for hydroxylation is 2. The van der Waals surface area contributed by atoms with E-state index in [4.69, 9.17) is 4.74 Å². The molecule has 0 radical (unpaired) electrons. The third kappa shape index (κ3) is 7.10. The van der Waals surface area contributed by atoms with Crippen molar-refractivity contribution >= 4 is 11.8 Å². The fourth-order valence-electron chi connectivity index (χ4n) is 3.84. The largest absolute Gasteiger partial charge is 0.497 e. The molecule has 0 atom stereocenters.